The van der Waals surface area contributed by atoms with Crippen LogP contribution in [-0.4, -0.2) is 17.1 Å². The van der Waals surface area contributed by atoms with Crippen LogP contribution in [0.2, 0.25) is 0 Å². The fourth-order valence-electron chi connectivity index (χ4n) is 3.43. The van der Waals surface area contributed by atoms with E-state index in [0.29, 0.717) is 11.2 Å². The molecule has 5 heteroatoms. The summed E-state index contributed by atoms with van der Waals surface area (Å²) in [5.41, 5.74) is 4.94. The molecular formula is C22H20N2O2S. The third-order valence-corrected chi connectivity index (χ3v) is 5.71. The van der Waals surface area contributed by atoms with Crippen molar-refractivity contribution >= 4 is 21.6 Å². The predicted molar refractivity (Wildman–Crippen MR) is 112 cm³/mol. The van der Waals surface area contributed by atoms with Gasteiger partial charge in [0.15, 0.2) is 0 Å². The van der Waals surface area contributed by atoms with Crippen molar-refractivity contribution in [2.75, 3.05) is 7.11 Å². The van der Waals surface area contributed by atoms with Gasteiger partial charge >= 0.3 is 0 Å². The van der Waals surface area contributed by atoms with Crippen molar-refractivity contribution in [3.05, 3.63) is 68.8 Å². The highest BCUT2D eigenvalue weighted by Crippen LogP contribution is 2.37. The van der Waals surface area contributed by atoms with E-state index in [9.17, 15) is 4.79 Å². The maximum atomic E-state index is 13.0. The van der Waals surface area contributed by atoms with Crippen molar-refractivity contribution in [1.29, 1.82) is 0 Å². The number of rotatable bonds is 3. The van der Waals surface area contributed by atoms with Crippen LogP contribution < -0.4 is 10.3 Å². The Bertz CT molecular complexity index is 1220. The minimum Gasteiger partial charge on any atom is -0.496 e. The van der Waals surface area contributed by atoms with Gasteiger partial charge in [0.1, 0.15) is 16.4 Å². The summed E-state index contributed by atoms with van der Waals surface area (Å²) < 4.78 is 5.36. The molecule has 0 fully saturated rings. The zero-order chi connectivity index (χ0) is 19.1. The number of aromatic amines is 1. The second kappa shape index (κ2) is 6.67. The SMILES string of the molecule is COc1ccc(-c2c(C)sc3nc(-c4cccc(C)c4)[nH]c(=O)c23)cc1C. The number of aromatic nitrogens is 2. The Morgan fingerprint density at radius 1 is 1.04 bits per heavy atom. The Hall–Kier alpha value is -2.92. The van der Waals surface area contributed by atoms with Crippen molar-refractivity contribution in [2.24, 2.45) is 0 Å². The summed E-state index contributed by atoms with van der Waals surface area (Å²) in [5, 5.41) is 0.651. The first-order valence-corrected chi connectivity index (χ1v) is 9.55. The number of methoxy groups -OCH3 is 1. The molecule has 0 bridgehead atoms. The lowest BCUT2D eigenvalue weighted by Gasteiger charge is -2.08. The molecule has 0 radical (unpaired) electrons. The first-order valence-electron chi connectivity index (χ1n) is 8.73. The number of thiophene rings is 1. The Kier molecular flexibility index (Phi) is 4.32. The molecule has 0 unspecified atom stereocenters. The number of hydrogen-bond acceptors (Lipinski definition) is 4. The van der Waals surface area contributed by atoms with Crippen molar-refractivity contribution < 1.29 is 4.74 Å². The molecule has 0 atom stereocenters. The van der Waals surface area contributed by atoms with Gasteiger partial charge in [-0.3, -0.25) is 4.79 Å². The molecule has 27 heavy (non-hydrogen) atoms. The van der Waals surface area contributed by atoms with E-state index in [0.717, 1.165) is 43.3 Å². The van der Waals surface area contributed by atoms with Crippen molar-refractivity contribution in [3.8, 4) is 28.3 Å². The summed E-state index contributed by atoms with van der Waals surface area (Å²) in [6.07, 6.45) is 0. The lowest BCUT2D eigenvalue weighted by atomic mass is 10.0. The second-order valence-electron chi connectivity index (χ2n) is 6.68. The van der Waals surface area contributed by atoms with E-state index in [1.54, 1.807) is 18.4 Å². The zero-order valence-corrected chi connectivity index (χ0v) is 16.5. The summed E-state index contributed by atoms with van der Waals surface area (Å²) in [7, 11) is 1.66. The first kappa shape index (κ1) is 17.5. The number of nitrogens with zero attached hydrogens (tertiary/aromatic N) is 1. The van der Waals surface area contributed by atoms with Crippen LogP contribution in [0.1, 0.15) is 16.0 Å². The topological polar surface area (TPSA) is 55.0 Å². The van der Waals surface area contributed by atoms with Gasteiger partial charge in [0.2, 0.25) is 0 Å². The molecule has 4 rings (SSSR count). The number of aryl methyl sites for hydroxylation is 3. The molecule has 2 aromatic heterocycles. The molecule has 0 spiro atoms. The van der Waals surface area contributed by atoms with E-state index >= 15 is 0 Å². The molecule has 0 aliphatic carbocycles. The smallest absolute Gasteiger partial charge is 0.260 e. The van der Waals surface area contributed by atoms with Crippen LogP contribution in [-0.2, 0) is 0 Å². The van der Waals surface area contributed by atoms with Gasteiger partial charge in [0.25, 0.3) is 5.56 Å². The molecule has 0 saturated carbocycles. The molecule has 0 aliphatic rings. The quantitative estimate of drug-likeness (QED) is 0.531. The van der Waals surface area contributed by atoms with Crippen LogP contribution in [0.15, 0.2) is 47.3 Å². The lowest BCUT2D eigenvalue weighted by molar-refractivity contribution is 0.412. The Labute approximate surface area is 161 Å². The van der Waals surface area contributed by atoms with Crippen molar-refractivity contribution in [3.63, 3.8) is 0 Å². The number of H-pyrrole nitrogens is 1. The van der Waals surface area contributed by atoms with Crippen LogP contribution in [0.4, 0.5) is 0 Å². The normalized spacial score (nSPS) is 11.1. The Morgan fingerprint density at radius 2 is 1.85 bits per heavy atom. The van der Waals surface area contributed by atoms with Gasteiger partial charge < -0.3 is 9.72 Å². The fourth-order valence-corrected chi connectivity index (χ4v) is 4.48. The number of nitrogens with one attached hydrogen (secondary N) is 1. The first-order chi connectivity index (χ1) is 13.0. The summed E-state index contributed by atoms with van der Waals surface area (Å²) in [6, 6.07) is 14.0. The van der Waals surface area contributed by atoms with Crippen LogP contribution in [0.5, 0.6) is 5.75 Å². The summed E-state index contributed by atoms with van der Waals surface area (Å²) in [4.78, 5) is 22.5. The lowest BCUT2D eigenvalue weighted by Crippen LogP contribution is -2.09. The molecule has 2 heterocycles. The molecule has 4 aromatic rings. The van der Waals surface area contributed by atoms with Gasteiger partial charge in [-0.15, -0.1) is 11.3 Å². The monoisotopic (exact) mass is 376 g/mol. The summed E-state index contributed by atoms with van der Waals surface area (Å²) in [5.74, 6) is 1.44. The average molecular weight is 376 g/mol. The zero-order valence-electron chi connectivity index (χ0n) is 15.7. The highest BCUT2D eigenvalue weighted by molar-refractivity contribution is 7.19. The molecule has 0 amide bonds. The molecule has 0 aliphatic heterocycles. The standard InChI is InChI=1S/C22H20N2O2S/c1-12-6-5-7-16(10-12)20-23-21(25)19-18(14(3)27-22(19)24-20)15-8-9-17(26-4)13(2)11-15/h5-11H,1-4H3,(H,23,24,25). The summed E-state index contributed by atoms with van der Waals surface area (Å²) >= 11 is 1.55. The van der Waals surface area contributed by atoms with E-state index in [1.165, 1.54) is 0 Å². The average Bonchev–Trinajstić information content (AvgIpc) is 2.98. The molecular weight excluding hydrogens is 356 g/mol. The number of fused-ring (bicyclic) bond motifs is 1. The fraction of sp³-hybridized carbons (Fsp3) is 0.182. The summed E-state index contributed by atoms with van der Waals surface area (Å²) in [6.45, 7) is 6.07. The van der Waals surface area contributed by atoms with Crippen molar-refractivity contribution in [2.45, 2.75) is 20.8 Å². The number of ether oxygens (including phenoxy) is 1. The maximum absolute atomic E-state index is 13.0. The third kappa shape index (κ3) is 3.04. The van der Waals surface area contributed by atoms with Gasteiger partial charge in [-0.05, 0) is 50.1 Å². The van der Waals surface area contributed by atoms with Crippen LogP contribution >= 0.6 is 11.3 Å². The van der Waals surface area contributed by atoms with Gasteiger partial charge in [-0.2, -0.15) is 0 Å². The maximum Gasteiger partial charge on any atom is 0.260 e. The van der Waals surface area contributed by atoms with Gasteiger partial charge in [-0.25, -0.2) is 4.98 Å². The van der Waals surface area contributed by atoms with Gasteiger partial charge in [-0.1, -0.05) is 29.8 Å². The van der Waals surface area contributed by atoms with Crippen LogP contribution in [0.25, 0.3) is 32.7 Å². The largest absolute Gasteiger partial charge is 0.496 e. The van der Waals surface area contributed by atoms with Gasteiger partial charge in [0, 0.05) is 16.0 Å². The highest BCUT2D eigenvalue weighted by Gasteiger charge is 2.18. The van der Waals surface area contributed by atoms with E-state index in [-0.39, 0.29) is 5.56 Å². The van der Waals surface area contributed by atoms with Crippen LogP contribution in [0, 0.1) is 20.8 Å². The Balaban J connectivity index is 1.93. The molecule has 2 aromatic carbocycles. The van der Waals surface area contributed by atoms with E-state index < -0.39 is 0 Å². The minimum atomic E-state index is -0.107. The van der Waals surface area contributed by atoms with Gasteiger partial charge in [0.05, 0.1) is 12.5 Å². The van der Waals surface area contributed by atoms with E-state index in [4.69, 9.17) is 9.72 Å². The molecule has 1 N–H and O–H groups in total. The molecule has 0 saturated heterocycles. The minimum absolute atomic E-state index is 0.107. The predicted octanol–water partition coefficient (Wildman–Crippen LogP) is 5.25. The highest BCUT2D eigenvalue weighted by atomic mass is 32.1. The second-order valence-corrected chi connectivity index (χ2v) is 7.89. The number of hydrogen-bond donors (Lipinski definition) is 1. The Morgan fingerprint density at radius 3 is 2.56 bits per heavy atom. The molecule has 4 nitrogen and oxygen atoms in total. The van der Waals surface area contributed by atoms with E-state index in [1.807, 2.05) is 57.2 Å². The third-order valence-electron chi connectivity index (χ3n) is 4.71. The molecule has 136 valence electrons. The van der Waals surface area contributed by atoms with Crippen LogP contribution in [0.3, 0.4) is 0 Å². The van der Waals surface area contributed by atoms with E-state index in [2.05, 4.69) is 11.1 Å². The number of benzene rings is 2. The van der Waals surface area contributed by atoms with Crippen molar-refractivity contribution in [1.82, 2.24) is 9.97 Å².